The van der Waals surface area contributed by atoms with Crippen molar-refractivity contribution in [1.82, 2.24) is 15.0 Å². The zero-order valence-electron chi connectivity index (χ0n) is 20.1. The van der Waals surface area contributed by atoms with E-state index in [0.29, 0.717) is 49.3 Å². The Balaban J connectivity index is 1.43. The van der Waals surface area contributed by atoms with Gasteiger partial charge in [-0.3, -0.25) is 4.98 Å². The van der Waals surface area contributed by atoms with E-state index in [1.807, 2.05) is 17.0 Å². The first-order valence-corrected chi connectivity index (χ1v) is 12.0. The number of hydrogen-bond donors (Lipinski definition) is 5. The SMILES string of the molecule is O=C(O)[C@@H]1OC(Oc2cccc(-c3cc(Nc4cccnc4)nc(N4CCOCC4)n3)c2)[C@@H](O)[C@H](O)[C@H]1O. The highest BCUT2D eigenvalue weighted by Gasteiger charge is 2.48. The number of benzene rings is 1. The van der Waals surface area contributed by atoms with E-state index in [-0.39, 0.29) is 5.75 Å². The predicted molar refractivity (Wildman–Crippen MR) is 133 cm³/mol. The molecule has 13 nitrogen and oxygen atoms in total. The fourth-order valence-corrected chi connectivity index (χ4v) is 4.15. The van der Waals surface area contributed by atoms with E-state index in [1.54, 1.807) is 42.7 Å². The van der Waals surface area contributed by atoms with Gasteiger partial charge in [-0.25, -0.2) is 9.78 Å². The van der Waals surface area contributed by atoms with Crippen LogP contribution < -0.4 is 15.0 Å². The number of carboxylic acid groups (broad SMARTS) is 1. The van der Waals surface area contributed by atoms with E-state index >= 15 is 0 Å². The van der Waals surface area contributed by atoms with Crippen LogP contribution in [0.1, 0.15) is 0 Å². The van der Waals surface area contributed by atoms with Gasteiger partial charge >= 0.3 is 5.97 Å². The van der Waals surface area contributed by atoms with Crippen LogP contribution in [0, 0.1) is 0 Å². The van der Waals surface area contributed by atoms with Crippen molar-refractivity contribution in [3.05, 3.63) is 54.9 Å². The van der Waals surface area contributed by atoms with E-state index in [9.17, 15) is 25.2 Å². The lowest BCUT2D eigenvalue weighted by Gasteiger charge is -2.38. The first-order valence-electron chi connectivity index (χ1n) is 12.0. The lowest BCUT2D eigenvalue weighted by Crippen LogP contribution is -2.61. The summed E-state index contributed by atoms with van der Waals surface area (Å²) in [6.45, 7) is 2.39. The van der Waals surface area contributed by atoms with E-state index in [0.717, 1.165) is 5.69 Å². The minimum absolute atomic E-state index is 0.229. The van der Waals surface area contributed by atoms with Crippen LogP contribution in [0.25, 0.3) is 11.3 Å². The molecule has 0 spiro atoms. The van der Waals surface area contributed by atoms with Gasteiger partial charge in [0.05, 0.1) is 30.8 Å². The Kier molecular flexibility index (Phi) is 7.62. The van der Waals surface area contributed by atoms with Gasteiger partial charge in [-0.05, 0) is 24.3 Å². The van der Waals surface area contributed by atoms with Gasteiger partial charge in [-0.2, -0.15) is 4.98 Å². The first kappa shape index (κ1) is 25.8. The second-order valence-electron chi connectivity index (χ2n) is 8.79. The number of ether oxygens (including phenoxy) is 3. The number of aromatic nitrogens is 3. The Morgan fingerprint density at radius 1 is 1.03 bits per heavy atom. The molecule has 5 N–H and O–H groups in total. The molecule has 2 aliphatic rings. The van der Waals surface area contributed by atoms with Crippen LogP contribution >= 0.6 is 0 Å². The number of carbonyl (C=O) groups is 1. The predicted octanol–water partition coefficient (Wildman–Crippen LogP) is 0.390. The zero-order valence-corrected chi connectivity index (χ0v) is 20.1. The molecule has 0 aliphatic carbocycles. The lowest BCUT2D eigenvalue weighted by molar-refractivity contribution is -0.271. The van der Waals surface area contributed by atoms with Crippen LogP contribution in [-0.2, 0) is 14.3 Å². The van der Waals surface area contributed by atoms with Crippen molar-refractivity contribution in [3.8, 4) is 17.0 Å². The molecule has 5 atom stereocenters. The standard InChI is InChI=1S/C25H27N5O8/c31-19-20(32)22(23(34)35)38-24(21(19)33)37-16-5-1-3-14(11-16)17-12-18(27-15-4-2-6-26-13-15)29-25(28-17)30-7-9-36-10-8-30/h1-6,11-13,19-22,24,31-33H,7-10H2,(H,34,35)(H,27,28,29)/t19-,20-,21+,22-,24?/m1/s1. The van der Waals surface area contributed by atoms with Crippen molar-refractivity contribution >= 4 is 23.4 Å². The van der Waals surface area contributed by atoms with Crippen molar-refractivity contribution < 1.29 is 39.4 Å². The van der Waals surface area contributed by atoms with Crippen LogP contribution in [0.2, 0.25) is 0 Å². The monoisotopic (exact) mass is 525 g/mol. The van der Waals surface area contributed by atoms with E-state index in [1.165, 1.54) is 0 Å². The van der Waals surface area contributed by atoms with Crippen molar-refractivity contribution in [3.63, 3.8) is 0 Å². The van der Waals surface area contributed by atoms with Gasteiger partial charge in [0.1, 0.15) is 29.9 Å². The van der Waals surface area contributed by atoms with Gasteiger partial charge in [-0.15, -0.1) is 0 Å². The molecule has 1 aromatic carbocycles. The Morgan fingerprint density at radius 3 is 2.58 bits per heavy atom. The normalized spacial score (nSPS) is 25.6. The number of morpholine rings is 1. The molecule has 2 aromatic heterocycles. The zero-order chi connectivity index (χ0) is 26.6. The fraction of sp³-hybridized carbons (Fsp3) is 0.360. The number of hydrogen-bond acceptors (Lipinski definition) is 12. The van der Waals surface area contributed by atoms with Crippen molar-refractivity contribution in [2.45, 2.75) is 30.7 Å². The number of nitrogens with one attached hydrogen (secondary N) is 1. The van der Waals surface area contributed by atoms with Gasteiger partial charge in [-0.1, -0.05) is 12.1 Å². The number of carboxylic acids is 1. The van der Waals surface area contributed by atoms with Crippen molar-refractivity contribution in [2.75, 3.05) is 36.5 Å². The van der Waals surface area contributed by atoms with Gasteiger partial charge < -0.3 is 44.9 Å². The van der Waals surface area contributed by atoms with Crippen LogP contribution in [-0.4, -0.2) is 98.4 Å². The third kappa shape index (κ3) is 5.66. The highest BCUT2D eigenvalue weighted by atomic mass is 16.7. The molecule has 1 unspecified atom stereocenters. The largest absolute Gasteiger partial charge is 0.479 e. The number of aliphatic hydroxyl groups is 3. The summed E-state index contributed by atoms with van der Waals surface area (Å²) < 4.78 is 16.4. The minimum atomic E-state index is -1.81. The minimum Gasteiger partial charge on any atom is -0.479 e. The second kappa shape index (κ2) is 11.2. The molecule has 4 heterocycles. The molecule has 38 heavy (non-hydrogen) atoms. The number of rotatable bonds is 7. The van der Waals surface area contributed by atoms with E-state index in [4.69, 9.17) is 19.2 Å². The number of aliphatic carboxylic acids is 1. The molecule has 2 aliphatic heterocycles. The maximum Gasteiger partial charge on any atom is 0.335 e. The first-order chi connectivity index (χ1) is 18.4. The molecule has 13 heteroatoms. The highest BCUT2D eigenvalue weighted by Crippen LogP contribution is 2.30. The number of nitrogens with zero attached hydrogens (tertiary/aromatic N) is 4. The molecular weight excluding hydrogens is 498 g/mol. The lowest BCUT2D eigenvalue weighted by atomic mass is 9.99. The summed E-state index contributed by atoms with van der Waals surface area (Å²) in [5, 5.41) is 42.8. The summed E-state index contributed by atoms with van der Waals surface area (Å²) in [6.07, 6.45) is -5.19. The van der Waals surface area contributed by atoms with Crippen molar-refractivity contribution in [1.29, 1.82) is 0 Å². The molecule has 3 aromatic rings. The summed E-state index contributed by atoms with van der Waals surface area (Å²) in [7, 11) is 0. The maximum atomic E-state index is 11.4. The van der Waals surface area contributed by atoms with E-state index < -0.39 is 36.7 Å². The number of anilines is 3. The Hall–Kier alpha value is -3.88. The molecule has 0 amide bonds. The summed E-state index contributed by atoms with van der Waals surface area (Å²) >= 11 is 0. The molecule has 0 radical (unpaired) electrons. The van der Waals surface area contributed by atoms with Gasteiger partial charge in [0.15, 0.2) is 6.10 Å². The van der Waals surface area contributed by atoms with Gasteiger partial charge in [0, 0.05) is 30.9 Å². The summed E-state index contributed by atoms with van der Waals surface area (Å²) in [4.78, 5) is 27.0. The Bertz CT molecular complexity index is 1260. The molecule has 2 saturated heterocycles. The Labute approximate surface area is 217 Å². The average Bonchev–Trinajstić information content (AvgIpc) is 2.94. The Morgan fingerprint density at radius 2 is 1.84 bits per heavy atom. The molecular formula is C25H27N5O8. The summed E-state index contributed by atoms with van der Waals surface area (Å²) in [5.74, 6) is -0.206. The van der Waals surface area contributed by atoms with Crippen LogP contribution in [0.15, 0.2) is 54.9 Å². The third-order valence-corrected chi connectivity index (χ3v) is 6.14. The van der Waals surface area contributed by atoms with Crippen molar-refractivity contribution in [2.24, 2.45) is 0 Å². The summed E-state index contributed by atoms with van der Waals surface area (Å²) in [5.41, 5.74) is 1.97. The topological polar surface area (TPSA) is 180 Å². The molecule has 0 saturated carbocycles. The molecule has 2 fully saturated rings. The second-order valence-corrected chi connectivity index (χ2v) is 8.79. The fourth-order valence-electron chi connectivity index (χ4n) is 4.15. The molecule has 5 rings (SSSR count). The summed E-state index contributed by atoms with van der Waals surface area (Å²) in [6, 6.07) is 12.2. The molecule has 200 valence electrons. The van der Waals surface area contributed by atoms with E-state index in [2.05, 4.69) is 15.3 Å². The third-order valence-electron chi connectivity index (χ3n) is 6.14. The number of aliphatic hydroxyl groups excluding tert-OH is 3. The quantitative estimate of drug-likeness (QED) is 0.286. The van der Waals surface area contributed by atoms with Crippen LogP contribution in [0.4, 0.5) is 17.5 Å². The maximum absolute atomic E-state index is 11.4. The van der Waals surface area contributed by atoms with Gasteiger partial charge in [0.2, 0.25) is 12.2 Å². The van der Waals surface area contributed by atoms with Crippen LogP contribution in [0.3, 0.4) is 0 Å². The van der Waals surface area contributed by atoms with Gasteiger partial charge in [0.25, 0.3) is 0 Å². The van der Waals surface area contributed by atoms with Crippen LogP contribution in [0.5, 0.6) is 5.75 Å². The highest BCUT2D eigenvalue weighted by molar-refractivity contribution is 5.73. The number of pyridine rings is 1. The average molecular weight is 526 g/mol. The molecule has 0 bridgehead atoms. The smallest absolute Gasteiger partial charge is 0.335 e.